The summed E-state index contributed by atoms with van der Waals surface area (Å²) in [4.78, 5) is 0. The van der Waals surface area contributed by atoms with Gasteiger partial charge >= 0.3 is 0 Å². The molecule has 0 saturated carbocycles. The van der Waals surface area contributed by atoms with Crippen molar-refractivity contribution in [2.75, 3.05) is 6.54 Å². The molecule has 0 amide bonds. The molecule has 19 heavy (non-hydrogen) atoms. The highest BCUT2D eigenvalue weighted by molar-refractivity contribution is 5.12. The Balaban J connectivity index is 2.00. The zero-order chi connectivity index (χ0) is 13.5. The smallest absolute Gasteiger partial charge is 0.0544 e. The Hall–Kier alpha value is -1.75. The van der Waals surface area contributed by atoms with Gasteiger partial charge in [-0.1, -0.05) is 6.92 Å². The Morgan fingerprint density at radius 2 is 2.16 bits per heavy atom. The first-order valence-corrected chi connectivity index (χ1v) is 6.78. The van der Waals surface area contributed by atoms with Crippen LogP contribution in [0.15, 0.2) is 30.7 Å². The van der Waals surface area contributed by atoms with Crippen LogP contribution >= 0.6 is 0 Å². The second-order valence-electron chi connectivity index (χ2n) is 4.67. The first-order chi connectivity index (χ1) is 9.31. The first-order valence-electron chi connectivity index (χ1n) is 6.78. The largest absolute Gasteiger partial charge is 0.310 e. The minimum Gasteiger partial charge on any atom is -0.310 e. The zero-order valence-electron chi connectivity index (χ0n) is 11.6. The van der Waals surface area contributed by atoms with Gasteiger partial charge in [0.1, 0.15) is 0 Å². The molecule has 0 spiro atoms. The van der Waals surface area contributed by atoms with E-state index in [1.807, 2.05) is 30.2 Å². The number of aryl methyl sites for hydroxylation is 2. The van der Waals surface area contributed by atoms with Crippen molar-refractivity contribution in [3.05, 3.63) is 42.0 Å². The molecule has 1 N–H and O–H groups in total. The second kappa shape index (κ2) is 6.99. The van der Waals surface area contributed by atoms with Crippen molar-refractivity contribution in [2.24, 2.45) is 7.05 Å². The molecule has 5 nitrogen and oxygen atoms in total. The number of nitrogens with zero attached hydrogens (tertiary/aromatic N) is 4. The summed E-state index contributed by atoms with van der Waals surface area (Å²) in [6.07, 6.45) is 8.60. The third kappa shape index (κ3) is 3.86. The average Bonchev–Trinajstić information content (AvgIpc) is 2.85. The lowest BCUT2D eigenvalue weighted by Gasteiger charge is -2.18. The van der Waals surface area contributed by atoms with Crippen molar-refractivity contribution >= 4 is 0 Å². The molecule has 0 aliphatic rings. The number of nitrogens with one attached hydrogen (secondary N) is 1. The van der Waals surface area contributed by atoms with E-state index in [1.165, 1.54) is 11.3 Å². The molecule has 2 rings (SSSR count). The van der Waals surface area contributed by atoms with Gasteiger partial charge in [0.2, 0.25) is 0 Å². The molecule has 0 aliphatic heterocycles. The Bertz CT molecular complexity index is 480. The first kappa shape index (κ1) is 13.7. The van der Waals surface area contributed by atoms with Gasteiger partial charge in [0.05, 0.1) is 6.20 Å². The summed E-state index contributed by atoms with van der Waals surface area (Å²) in [5, 5.41) is 15.6. The summed E-state index contributed by atoms with van der Waals surface area (Å²) in [6.45, 7) is 3.19. The van der Waals surface area contributed by atoms with Gasteiger partial charge in [0.15, 0.2) is 0 Å². The lowest BCUT2D eigenvalue weighted by Crippen LogP contribution is -2.23. The molecular formula is C14H21N5. The van der Waals surface area contributed by atoms with E-state index in [4.69, 9.17) is 0 Å². The van der Waals surface area contributed by atoms with Gasteiger partial charge in [-0.3, -0.25) is 4.68 Å². The molecule has 0 aliphatic carbocycles. The van der Waals surface area contributed by atoms with Crippen molar-refractivity contribution in [3.63, 3.8) is 0 Å². The Morgan fingerprint density at radius 3 is 2.79 bits per heavy atom. The van der Waals surface area contributed by atoms with Crippen molar-refractivity contribution in [3.8, 4) is 0 Å². The number of rotatable bonds is 7. The fourth-order valence-corrected chi connectivity index (χ4v) is 2.15. The van der Waals surface area contributed by atoms with E-state index in [0.717, 1.165) is 25.8 Å². The number of hydrogen-bond donors (Lipinski definition) is 1. The summed E-state index contributed by atoms with van der Waals surface area (Å²) < 4.78 is 1.93. The summed E-state index contributed by atoms with van der Waals surface area (Å²) in [6, 6.07) is 4.43. The molecule has 2 aromatic heterocycles. The van der Waals surface area contributed by atoms with Gasteiger partial charge < -0.3 is 5.32 Å². The Morgan fingerprint density at radius 1 is 1.26 bits per heavy atom. The Labute approximate surface area is 114 Å². The summed E-state index contributed by atoms with van der Waals surface area (Å²) in [5.41, 5.74) is 2.45. The summed E-state index contributed by atoms with van der Waals surface area (Å²) in [7, 11) is 1.98. The van der Waals surface area contributed by atoms with Crippen molar-refractivity contribution in [1.29, 1.82) is 0 Å². The fourth-order valence-electron chi connectivity index (χ4n) is 2.15. The highest BCUT2D eigenvalue weighted by Crippen LogP contribution is 2.17. The van der Waals surface area contributed by atoms with Crippen LogP contribution in [0, 0.1) is 0 Å². The van der Waals surface area contributed by atoms with E-state index < -0.39 is 0 Å². The zero-order valence-corrected chi connectivity index (χ0v) is 11.6. The SMILES string of the molecule is CCCNC(CCc1ccnn1C)c1ccnnc1. The van der Waals surface area contributed by atoms with Crippen LogP contribution in [0.25, 0.3) is 0 Å². The van der Waals surface area contributed by atoms with E-state index in [9.17, 15) is 0 Å². The summed E-state index contributed by atoms with van der Waals surface area (Å²) in [5.74, 6) is 0. The molecule has 1 unspecified atom stereocenters. The normalized spacial score (nSPS) is 12.5. The molecule has 0 aromatic carbocycles. The van der Waals surface area contributed by atoms with Crippen LogP contribution in [0.1, 0.15) is 37.1 Å². The van der Waals surface area contributed by atoms with Gasteiger partial charge in [0.25, 0.3) is 0 Å². The Kier molecular flexibility index (Phi) is 5.03. The van der Waals surface area contributed by atoms with E-state index in [-0.39, 0.29) is 0 Å². The molecule has 0 bridgehead atoms. The van der Waals surface area contributed by atoms with Crippen LogP contribution in [-0.2, 0) is 13.5 Å². The summed E-state index contributed by atoms with van der Waals surface area (Å²) >= 11 is 0. The van der Waals surface area contributed by atoms with Crippen LogP contribution in [0.2, 0.25) is 0 Å². The van der Waals surface area contributed by atoms with Crippen molar-refractivity contribution < 1.29 is 0 Å². The van der Waals surface area contributed by atoms with E-state index in [2.05, 4.69) is 33.6 Å². The third-order valence-corrected chi connectivity index (χ3v) is 3.26. The molecule has 2 aromatic rings. The molecule has 0 radical (unpaired) electrons. The molecule has 5 heteroatoms. The molecule has 2 heterocycles. The maximum absolute atomic E-state index is 4.20. The second-order valence-corrected chi connectivity index (χ2v) is 4.67. The monoisotopic (exact) mass is 259 g/mol. The molecule has 0 saturated heterocycles. The van der Waals surface area contributed by atoms with Crippen LogP contribution < -0.4 is 5.32 Å². The highest BCUT2D eigenvalue weighted by atomic mass is 15.2. The highest BCUT2D eigenvalue weighted by Gasteiger charge is 2.12. The molecular weight excluding hydrogens is 238 g/mol. The fraction of sp³-hybridized carbons (Fsp3) is 0.500. The maximum Gasteiger partial charge on any atom is 0.0544 e. The van der Waals surface area contributed by atoms with Crippen molar-refractivity contribution in [1.82, 2.24) is 25.3 Å². The van der Waals surface area contributed by atoms with Gasteiger partial charge in [-0.2, -0.15) is 15.3 Å². The molecule has 102 valence electrons. The van der Waals surface area contributed by atoms with Crippen molar-refractivity contribution in [2.45, 2.75) is 32.2 Å². The minimum absolute atomic E-state index is 0.324. The quantitative estimate of drug-likeness (QED) is 0.825. The van der Waals surface area contributed by atoms with Crippen LogP contribution in [-0.4, -0.2) is 26.5 Å². The van der Waals surface area contributed by atoms with E-state index in [0.29, 0.717) is 6.04 Å². The lowest BCUT2D eigenvalue weighted by molar-refractivity contribution is 0.489. The van der Waals surface area contributed by atoms with Gasteiger partial charge in [-0.15, -0.1) is 0 Å². The average molecular weight is 259 g/mol. The topological polar surface area (TPSA) is 55.6 Å². The number of aromatic nitrogens is 4. The third-order valence-electron chi connectivity index (χ3n) is 3.26. The predicted molar refractivity (Wildman–Crippen MR) is 74.6 cm³/mol. The van der Waals surface area contributed by atoms with Gasteiger partial charge in [-0.25, -0.2) is 0 Å². The minimum atomic E-state index is 0.324. The number of hydrogen-bond acceptors (Lipinski definition) is 4. The maximum atomic E-state index is 4.20. The predicted octanol–water partition coefficient (Wildman–Crippen LogP) is 1.88. The van der Waals surface area contributed by atoms with Crippen LogP contribution in [0.3, 0.4) is 0 Å². The van der Waals surface area contributed by atoms with Crippen LogP contribution in [0.5, 0.6) is 0 Å². The van der Waals surface area contributed by atoms with E-state index >= 15 is 0 Å². The molecule has 1 atom stereocenters. The molecule has 0 fully saturated rings. The lowest BCUT2D eigenvalue weighted by atomic mass is 10.0. The van der Waals surface area contributed by atoms with E-state index in [1.54, 1.807) is 6.20 Å². The van der Waals surface area contributed by atoms with Gasteiger partial charge in [0, 0.05) is 31.2 Å². The standard InChI is InChI=1S/C14H21N5/c1-3-8-15-14(12-6-9-16-17-11-12)5-4-13-7-10-18-19(13)2/h6-7,9-11,14-15H,3-5,8H2,1-2H3. The van der Waals surface area contributed by atoms with Crippen LogP contribution in [0.4, 0.5) is 0 Å². The van der Waals surface area contributed by atoms with Gasteiger partial charge in [-0.05, 0) is 43.5 Å².